The molecule has 2 rings (SSSR count). The Morgan fingerprint density at radius 2 is 2.50 bits per heavy atom. The first-order chi connectivity index (χ1) is 9.61. The number of aromatic nitrogens is 1. The zero-order valence-electron chi connectivity index (χ0n) is 10.2. The Balaban J connectivity index is 2.20. The van der Waals surface area contributed by atoms with Gasteiger partial charge in [0.05, 0.1) is 11.0 Å². The van der Waals surface area contributed by atoms with Crippen LogP contribution in [0.4, 0.5) is 5.69 Å². The molecular weight excluding hydrogens is 332 g/mol. The van der Waals surface area contributed by atoms with Crippen LogP contribution >= 0.6 is 15.9 Å². The quantitative estimate of drug-likeness (QED) is 0.478. The zero-order valence-corrected chi connectivity index (χ0v) is 11.8. The van der Waals surface area contributed by atoms with E-state index in [1.807, 2.05) is 0 Å². The van der Waals surface area contributed by atoms with E-state index in [1.54, 1.807) is 0 Å². The Bertz CT molecular complexity index is 551. The molecule has 0 fully saturated rings. The van der Waals surface area contributed by atoms with E-state index in [0.717, 1.165) is 4.62 Å². The topological polar surface area (TPSA) is 107 Å². The summed E-state index contributed by atoms with van der Waals surface area (Å²) in [6, 6.07) is 2.72. The van der Waals surface area contributed by atoms with Gasteiger partial charge in [-0.2, -0.15) is 5.10 Å². The van der Waals surface area contributed by atoms with Crippen LogP contribution in [-0.2, 0) is 9.53 Å². The lowest BCUT2D eigenvalue weighted by molar-refractivity contribution is -0.386. The van der Waals surface area contributed by atoms with Gasteiger partial charge in [-0.25, -0.2) is 0 Å². The molecule has 9 heteroatoms. The van der Waals surface area contributed by atoms with Crippen molar-refractivity contribution in [3.05, 3.63) is 34.1 Å². The third kappa shape index (κ3) is 3.29. The number of halogens is 1. The molecule has 1 N–H and O–H groups in total. The first kappa shape index (κ1) is 14.4. The van der Waals surface area contributed by atoms with Crippen molar-refractivity contribution in [2.75, 3.05) is 0 Å². The Kier molecular flexibility index (Phi) is 4.61. The standard InChI is InChI=1S/C11H11BrN4O4/c12-10-5-7(14-15-10)4-9(20-6-17)11-8(16(18)19)2-1-3-13-11/h1-3,6-7,9,14H,4-5H2. The molecule has 0 bridgehead atoms. The second kappa shape index (κ2) is 6.42. The van der Waals surface area contributed by atoms with Crippen LogP contribution < -0.4 is 5.43 Å². The number of carbonyl (C=O) groups is 1. The Morgan fingerprint density at radius 3 is 3.10 bits per heavy atom. The summed E-state index contributed by atoms with van der Waals surface area (Å²) in [6.07, 6.45) is 1.60. The minimum absolute atomic E-state index is 0.0732. The summed E-state index contributed by atoms with van der Waals surface area (Å²) < 4.78 is 5.71. The van der Waals surface area contributed by atoms with E-state index in [-0.39, 0.29) is 23.9 Å². The van der Waals surface area contributed by atoms with Crippen molar-refractivity contribution < 1.29 is 14.5 Å². The number of nitro groups is 1. The van der Waals surface area contributed by atoms with Crippen LogP contribution in [0.25, 0.3) is 0 Å². The first-order valence-corrected chi connectivity index (χ1v) is 6.57. The zero-order chi connectivity index (χ0) is 14.5. The van der Waals surface area contributed by atoms with Gasteiger partial charge in [0.2, 0.25) is 0 Å². The molecule has 2 heterocycles. The van der Waals surface area contributed by atoms with Crippen LogP contribution in [0, 0.1) is 10.1 Å². The van der Waals surface area contributed by atoms with Crippen molar-refractivity contribution in [3.63, 3.8) is 0 Å². The maximum atomic E-state index is 11.0. The van der Waals surface area contributed by atoms with Gasteiger partial charge in [0.25, 0.3) is 12.2 Å². The molecule has 0 aliphatic carbocycles. The van der Waals surface area contributed by atoms with E-state index < -0.39 is 11.0 Å². The highest BCUT2D eigenvalue weighted by Gasteiger charge is 2.29. The van der Waals surface area contributed by atoms with Crippen molar-refractivity contribution in [2.45, 2.75) is 25.0 Å². The normalized spacial score (nSPS) is 18.9. The van der Waals surface area contributed by atoms with Crippen LogP contribution in [0.3, 0.4) is 0 Å². The minimum atomic E-state index is -0.791. The summed E-state index contributed by atoms with van der Waals surface area (Å²) in [7, 11) is 0. The van der Waals surface area contributed by atoms with Crippen LogP contribution in [-0.4, -0.2) is 27.0 Å². The molecule has 0 saturated carbocycles. The lowest BCUT2D eigenvalue weighted by Gasteiger charge is -2.18. The highest BCUT2D eigenvalue weighted by Crippen LogP contribution is 2.30. The van der Waals surface area contributed by atoms with E-state index in [2.05, 4.69) is 31.4 Å². The number of hydrazone groups is 1. The van der Waals surface area contributed by atoms with Gasteiger partial charge in [0.1, 0.15) is 4.62 Å². The molecule has 1 aromatic rings. The molecular formula is C11H11BrN4O4. The SMILES string of the molecule is O=COC(CC1CC(Br)=NN1)c1ncccc1[N+](=O)[O-]. The molecule has 1 aromatic heterocycles. The first-order valence-electron chi connectivity index (χ1n) is 5.77. The van der Waals surface area contributed by atoms with Gasteiger partial charge >= 0.3 is 0 Å². The van der Waals surface area contributed by atoms with E-state index >= 15 is 0 Å². The van der Waals surface area contributed by atoms with Crippen molar-refractivity contribution in [3.8, 4) is 0 Å². The molecule has 8 nitrogen and oxygen atoms in total. The summed E-state index contributed by atoms with van der Waals surface area (Å²) in [4.78, 5) is 25.1. The molecule has 0 aromatic carbocycles. The minimum Gasteiger partial charge on any atom is -0.458 e. The summed E-state index contributed by atoms with van der Waals surface area (Å²) in [5.74, 6) is 0. The molecule has 0 saturated heterocycles. The highest BCUT2D eigenvalue weighted by atomic mass is 79.9. The molecule has 0 radical (unpaired) electrons. The molecule has 2 unspecified atom stereocenters. The summed E-state index contributed by atoms with van der Waals surface area (Å²) in [6.45, 7) is 0.272. The van der Waals surface area contributed by atoms with Gasteiger partial charge in [0, 0.05) is 25.1 Å². The van der Waals surface area contributed by atoms with Gasteiger partial charge < -0.3 is 10.2 Å². The van der Waals surface area contributed by atoms with Crippen LogP contribution in [0.1, 0.15) is 24.6 Å². The smallest absolute Gasteiger partial charge is 0.294 e. The van der Waals surface area contributed by atoms with Gasteiger partial charge in [-0.1, -0.05) is 0 Å². The number of carbonyl (C=O) groups excluding carboxylic acids is 1. The van der Waals surface area contributed by atoms with Gasteiger partial charge in [-0.15, -0.1) is 0 Å². The Morgan fingerprint density at radius 1 is 1.70 bits per heavy atom. The average molecular weight is 343 g/mol. The predicted octanol–water partition coefficient (Wildman–Crippen LogP) is 1.66. The Labute approximate surface area is 122 Å². The molecule has 1 aliphatic heterocycles. The van der Waals surface area contributed by atoms with Gasteiger partial charge in [-0.05, 0) is 22.0 Å². The third-order valence-electron chi connectivity index (χ3n) is 2.82. The van der Waals surface area contributed by atoms with Gasteiger partial charge in [0.15, 0.2) is 11.8 Å². The van der Waals surface area contributed by atoms with E-state index in [9.17, 15) is 14.9 Å². The van der Waals surface area contributed by atoms with E-state index in [1.165, 1.54) is 18.3 Å². The maximum Gasteiger partial charge on any atom is 0.294 e. The van der Waals surface area contributed by atoms with E-state index in [4.69, 9.17) is 4.74 Å². The molecule has 0 spiro atoms. The third-order valence-corrected chi connectivity index (χ3v) is 3.32. The lowest BCUT2D eigenvalue weighted by Crippen LogP contribution is -2.24. The van der Waals surface area contributed by atoms with Crippen LogP contribution in [0.5, 0.6) is 0 Å². The second-order valence-corrected chi connectivity index (χ2v) is 5.06. The second-order valence-electron chi connectivity index (χ2n) is 4.14. The van der Waals surface area contributed by atoms with E-state index in [0.29, 0.717) is 12.8 Å². The fraction of sp³-hybridized carbons (Fsp3) is 0.364. The van der Waals surface area contributed by atoms with Gasteiger partial charge in [-0.3, -0.25) is 19.9 Å². The number of hydrogen-bond donors (Lipinski definition) is 1. The Hall–Kier alpha value is -2.03. The fourth-order valence-electron chi connectivity index (χ4n) is 1.96. The van der Waals surface area contributed by atoms with Crippen LogP contribution in [0.15, 0.2) is 23.4 Å². The number of pyridine rings is 1. The van der Waals surface area contributed by atoms with Crippen molar-refractivity contribution >= 4 is 32.7 Å². The largest absolute Gasteiger partial charge is 0.458 e. The monoisotopic (exact) mass is 342 g/mol. The fourth-order valence-corrected chi connectivity index (χ4v) is 2.45. The van der Waals surface area contributed by atoms with Crippen LogP contribution in [0.2, 0.25) is 0 Å². The molecule has 1 aliphatic rings. The van der Waals surface area contributed by atoms with Crippen molar-refractivity contribution in [1.29, 1.82) is 0 Å². The number of nitrogens with one attached hydrogen (secondary N) is 1. The number of hydrogen-bond acceptors (Lipinski definition) is 7. The van der Waals surface area contributed by atoms with Crippen molar-refractivity contribution in [1.82, 2.24) is 10.4 Å². The number of rotatable bonds is 6. The predicted molar refractivity (Wildman–Crippen MR) is 73.3 cm³/mol. The lowest BCUT2D eigenvalue weighted by atomic mass is 10.0. The summed E-state index contributed by atoms with van der Waals surface area (Å²) in [5, 5.41) is 15.0. The number of nitrogens with zero attached hydrogens (tertiary/aromatic N) is 3. The molecule has 106 valence electrons. The summed E-state index contributed by atoms with van der Waals surface area (Å²) >= 11 is 3.25. The highest BCUT2D eigenvalue weighted by molar-refractivity contribution is 9.18. The average Bonchev–Trinajstić information content (AvgIpc) is 2.84. The van der Waals surface area contributed by atoms with Crippen molar-refractivity contribution in [2.24, 2.45) is 5.10 Å². The molecule has 20 heavy (non-hydrogen) atoms. The number of ether oxygens (including phenoxy) is 1. The molecule has 2 atom stereocenters. The maximum absolute atomic E-state index is 11.0. The molecule has 0 amide bonds. The summed E-state index contributed by atoms with van der Waals surface area (Å²) in [5.41, 5.74) is 2.83.